The fraction of sp³-hybridized carbons (Fsp3) is 0.350. The molecular formula is C20H24N2O4. The summed E-state index contributed by atoms with van der Waals surface area (Å²) >= 11 is 0. The van der Waals surface area contributed by atoms with Crippen LogP contribution in [0.4, 0.5) is 11.4 Å². The van der Waals surface area contributed by atoms with Crippen LogP contribution < -0.4 is 25.3 Å². The topological polar surface area (TPSA) is 82.8 Å². The van der Waals surface area contributed by atoms with Gasteiger partial charge < -0.3 is 25.3 Å². The Kier molecular flexibility index (Phi) is 5.51. The number of unbranched alkanes of at least 4 members (excludes halogenated alkanes) is 1. The summed E-state index contributed by atoms with van der Waals surface area (Å²) in [5.74, 6) is 2.02. The first kappa shape index (κ1) is 17.9. The summed E-state index contributed by atoms with van der Waals surface area (Å²) in [6.45, 7) is 4.83. The number of hydrogen-bond donors (Lipinski definition) is 2. The predicted octanol–water partition coefficient (Wildman–Crippen LogP) is 3.80. The average Bonchev–Trinajstić information content (AvgIpc) is 3.05. The molecule has 1 aliphatic heterocycles. The molecule has 1 aliphatic rings. The molecule has 0 radical (unpaired) electrons. The summed E-state index contributed by atoms with van der Waals surface area (Å²) < 4.78 is 16.4. The molecular weight excluding hydrogens is 332 g/mol. The number of nitrogens with two attached hydrogens (primary N) is 1. The predicted molar refractivity (Wildman–Crippen MR) is 101 cm³/mol. The number of hydrogen-bond acceptors (Lipinski definition) is 5. The first-order chi connectivity index (χ1) is 12.5. The van der Waals surface area contributed by atoms with Gasteiger partial charge in [-0.25, -0.2) is 0 Å². The molecule has 6 heteroatoms. The summed E-state index contributed by atoms with van der Waals surface area (Å²) in [6.07, 6.45) is 1.95. The van der Waals surface area contributed by atoms with E-state index in [0.717, 1.165) is 24.2 Å². The van der Waals surface area contributed by atoms with Gasteiger partial charge in [0, 0.05) is 18.6 Å². The van der Waals surface area contributed by atoms with Crippen molar-refractivity contribution in [2.75, 3.05) is 24.5 Å². The molecule has 26 heavy (non-hydrogen) atoms. The summed E-state index contributed by atoms with van der Waals surface area (Å²) in [7, 11) is 0. The third-order valence-corrected chi connectivity index (χ3v) is 4.22. The van der Waals surface area contributed by atoms with Gasteiger partial charge in [-0.2, -0.15) is 0 Å². The molecule has 0 saturated heterocycles. The maximum Gasteiger partial charge on any atom is 0.231 e. The van der Waals surface area contributed by atoms with E-state index in [4.69, 9.17) is 19.9 Å². The van der Waals surface area contributed by atoms with Gasteiger partial charge in [-0.15, -0.1) is 0 Å². The van der Waals surface area contributed by atoms with Gasteiger partial charge in [-0.05, 0) is 43.9 Å². The Morgan fingerprint density at radius 3 is 2.73 bits per heavy atom. The minimum atomic E-state index is -0.0812. The first-order valence-electron chi connectivity index (χ1n) is 8.72. The van der Waals surface area contributed by atoms with Crippen molar-refractivity contribution in [2.45, 2.75) is 33.1 Å². The van der Waals surface area contributed by atoms with E-state index in [1.807, 2.05) is 26.0 Å². The van der Waals surface area contributed by atoms with Gasteiger partial charge >= 0.3 is 0 Å². The molecule has 1 heterocycles. The third-order valence-electron chi connectivity index (χ3n) is 4.22. The van der Waals surface area contributed by atoms with Crippen molar-refractivity contribution in [2.24, 2.45) is 0 Å². The Morgan fingerprint density at radius 1 is 1.15 bits per heavy atom. The minimum Gasteiger partial charge on any atom is -0.493 e. The Hall–Kier alpha value is -2.89. The van der Waals surface area contributed by atoms with Crippen molar-refractivity contribution >= 4 is 17.3 Å². The number of nitrogen functional groups attached to an aromatic ring is 1. The van der Waals surface area contributed by atoms with E-state index < -0.39 is 0 Å². The number of ether oxygens (including phenoxy) is 3. The SMILES string of the molecule is Cc1ccc(C)c(OCCCCC(=O)Nc2cc3c(cc2N)OCO3)c1. The molecule has 0 spiro atoms. The third kappa shape index (κ3) is 4.39. The van der Waals surface area contributed by atoms with Gasteiger partial charge in [0.1, 0.15) is 5.75 Å². The Balaban J connectivity index is 1.41. The molecule has 0 atom stereocenters. The normalized spacial score (nSPS) is 12.1. The lowest BCUT2D eigenvalue weighted by molar-refractivity contribution is -0.116. The van der Waals surface area contributed by atoms with Crippen LogP contribution in [0.3, 0.4) is 0 Å². The van der Waals surface area contributed by atoms with Gasteiger partial charge in [0.05, 0.1) is 18.0 Å². The number of anilines is 2. The van der Waals surface area contributed by atoms with Crippen LogP contribution in [0.2, 0.25) is 0 Å². The molecule has 3 rings (SSSR count). The van der Waals surface area contributed by atoms with Gasteiger partial charge in [-0.1, -0.05) is 12.1 Å². The zero-order valence-electron chi connectivity index (χ0n) is 15.1. The van der Waals surface area contributed by atoms with E-state index in [9.17, 15) is 4.79 Å². The maximum atomic E-state index is 12.1. The highest BCUT2D eigenvalue weighted by atomic mass is 16.7. The van der Waals surface area contributed by atoms with Crippen LogP contribution in [-0.4, -0.2) is 19.3 Å². The van der Waals surface area contributed by atoms with E-state index in [-0.39, 0.29) is 12.7 Å². The van der Waals surface area contributed by atoms with Crippen LogP contribution in [0.25, 0.3) is 0 Å². The number of nitrogens with one attached hydrogen (secondary N) is 1. The molecule has 0 bridgehead atoms. The van der Waals surface area contributed by atoms with Crippen molar-refractivity contribution in [3.8, 4) is 17.2 Å². The van der Waals surface area contributed by atoms with Crippen LogP contribution in [0.1, 0.15) is 30.4 Å². The van der Waals surface area contributed by atoms with Crippen molar-refractivity contribution in [1.82, 2.24) is 0 Å². The van der Waals surface area contributed by atoms with Crippen LogP contribution >= 0.6 is 0 Å². The molecule has 0 unspecified atom stereocenters. The zero-order valence-corrected chi connectivity index (χ0v) is 15.1. The van der Waals surface area contributed by atoms with Gasteiger partial charge in [-0.3, -0.25) is 4.79 Å². The quantitative estimate of drug-likeness (QED) is 0.582. The molecule has 1 amide bonds. The van der Waals surface area contributed by atoms with Gasteiger partial charge in [0.15, 0.2) is 11.5 Å². The standard InChI is InChI=1S/C20H24N2O4/c1-13-6-7-14(2)17(9-13)24-8-4-3-5-20(23)22-16-11-19-18(10-15(16)21)25-12-26-19/h6-7,9-11H,3-5,8,12,21H2,1-2H3,(H,22,23). The van der Waals surface area contributed by atoms with Crippen molar-refractivity contribution < 1.29 is 19.0 Å². The molecule has 2 aromatic rings. The number of carbonyl (C=O) groups excluding carboxylic acids is 1. The molecule has 6 nitrogen and oxygen atoms in total. The number of carbonyl (C=O) groups is 1. The van der Waals surface area contributed by atoms with Crippen LogP contribution in [-0.2, 0) is 4.79 Å². The Morgan fingerprint density at radius 2 is 1.92 bits per heavy atom. The molecule has 0 fully saturated rings. The Labute approximate surface area is 153 Å². The lowest BCUT2D eigenvalue weighted by Crippen LogP contribution is -2.13. The molecule has 3 N–H and O–H groups in total. The van der Waals surface area contributed by atoms with Crippen molar-refractivity contribution in [3.63, 3.8) is 0 Å². The monoisotopic (exact) mass is 356 g/mol. The number of rotatable bonds is 7. The smallest absolute Gasteiger partial charge is 0.231 e. The minimum absolute atomic E-state index is 0.0812. The second kappa shape index (κ2) is 7.99. The van der Waals surface area contributed by atoms with E-state index in [2.05, 4.69) is 11.4 Å². The first-order valence-corrected chi connectivity index (χ1v) is 8.72. The fourth-order valence-electron chi connectivity index (χ4n) is 2.71. The van der Waals surface area contributed by atoms with Crippen LogP contribution in [0, 0.1) is 13.8 Å². The molecule has 2 aromatic carbocycles. The van der Waals surface area contributed by atoms with Crippen molar-refractivity contribution in [1.29, 1.82) is 0 Å². The molecule has 0 aromatic heterocycles. The van der Waals surface area contributed by atoms with E-state index in [1.165, 1.54) is 5.56 Å². The average molecular weight is 356 g/mol. The summed E-state index contributed by atoms with van der Waals surface area (Å²) in [6, 6.07) is 9.50. The maximum absolute atomic E-state index is 12.1. The van der Waals surface area contributed by atoms with Crippen LogP contribution in [0.5, 0.6) is 17.2 Å². The highest BCUT2D eigenvalue weighted by Crippen LogP contribution is 2.38. The van der Waals surface area contributed by atoms with Gasteiger partial charge in [0.2, 0.25) is 12.7 Å². The molecule has 0 saturated carbocycles. The fourth-order valence-corrected chi connectivity index (χ4v) is 2.71. The Bertz CT molecular complexity index is 805. The number of amides is 1. The largest absolute Gasteiger partial charge is 0.493 e. The second-order valence-electron chi connectivity index (χ2n) is 6.42. The zero-order chi connectivity index (χ0) is 18.5. The van der Waals surface area contributed by atoms with E-state index >= 15 is 0 Å². The lowest BCUT2D eigenvalue weighted by atomic mass is 10.1. The molecule has 0 aliphatic carbocycles. The lowest BCUT2D eigenvalue weighted by Gasteiger charge is -2.11. The number of aryl methyl sites for hydroxylation is 2. The van der Waals surface area contributed by atoms with Gasteiger partial charge in [0.25, 0.3) is 0 Å². The van der Waals surface area contributed by atoms with E-state index in [0.29, 0.717) is 35.9 Å². The van der Waals surface area contributed by atoms with Crippen molar-refractivity contribution in [3.05, 3.63) is 41.5 Å². The highest BCUT2D eigenvalue weighted by molar-refractivity contribution is 5.94. The highest BCUT2D eigenvalue weighted by Gasteiger charge is 2.17. The number of benzene rings is 2. The van der Waals surface area contributed by atoms with E-state index in [1.54, 1.807) is 12.1 Å². The summed E-state index contributed by atoms with van der Waals surface area (Å²) in [5, 5.41) is 2.82. The second-order valence-corrected chi connectivity index (χ2v) is 6.42. The summed E-state index contributed by atoms with van der Waals surface area (Å²) in [4.78, 5) is 12.1. The van der Waals surface area contributed by atoms with Crippen LogP contribution in [0.15, 0.2) is 30.3 Å². The number of fused-ring (bicyclic) bond motifs is 1. The molecule has 138 valence electrons. The summed E-state index contributed by atoms with van der Waals surface area (Å²) in [5.41, 5.74) is 9.23.